The van der Waals surface area contributed by atoms with Crippen LogP contribution in [0.25, 0.3) is 10.9 Å². The van der Waals surface area contributed by atoms with E-state index in [1.807, 2.05) is 36.5 Å². The number of esters is 1. The van der Waals surface area contributed by atoms with Crippen LogP contribution in [0.15, 0.2) is 54.7 Å². The molecule has 0 fully saturated rings. The Balaban J connectivity index is 1.73. The summed E-state index contributed by atoms with van der Waals surface area (Å²) in [5, 5.41) is 4.24. The van der Waals surface area contributed by atoms with Gasteiger partial charge in [0, 0.05) is 24.3 Å². The van der Waals surface area contributed by atoms with Crippen LogP contribution in [0, 0.1) is 5.92 Å². The predicted octanol–water partition coefficient (Wildman–Crippen LogP) is 6.02. The van der Waals surface area contributed by atoms with Gasteiger partial charge in [-0.1, -0.05) is 51.3 Å². The zero-order valence-electron chi connectivity index (χ0n) is 18.7. The summed E-state index contributed by atoms with van der Waals surface area (Å²) in [5.41, 5.74) is 3.51. The fourth-order valence-electron chi connectivity index (χ4n) is 3.87. The van der Waals surface area contributed by atoms with E-state index < -0.39 is 0 Å². The number of amides is 1. The van der Waals surface area contributed by atoms with E-state index in [9.17, 15) is 9.59 Å². The molecule has 5 nitrogen and oxygen atoms in total. The number of hydrogen-bond acceptors (Lipinski definition) is 3. The number of carbonyl (C=O) groups excluding carboxylic acids is 2. The van der Waals surface area contributed by atoms with Crippen molar-refractivity contribution < 1.29 is 14.3 Å². The molecule has 1 heterocycles. The van der Waals surface area contributed by atoms with Crippen LogP contribution in [0.4, 0.5) is 5.69 Å². The minimum Gasteiger partial charge on any atom is -0.465 e. The van der Waals surface area contributed by atoms with E-state index >= 15 is 0 Å². The molecule has 0 bridgehead atoms. The lowest BCUT2D eigenvalue weighted by Gasteiger charge is -2.15. The van der Waals surface area contributed by atoms with Crippen molar-refractivity contribution >= 4 is 28.5 Å². The number of methoxy groups -OCH3 is 1. The van der Waals surface area contributed by atoms with Crippen molar-refractivity contribution in [3.63, 3.8) is 0 Å². The van der Waals surface area contributed by atoms with Gasteiger partial charge in [0.25, 0.3) is 0 Å². The first kappa shape index (κ1) is 22.6. The third-order valence-electron chi connectivity index (χ3n) is 5.79. The molecule has 5 heteroatoms. The summed E-state index contributed by atoms with van der Waals surface area (Å²) in [6.07, 6.45) is 7.27. The minimum absolute atomic E-state index is 0.0577. The Kier molecular flexibility index (Phi) is 7.88. The van der Waals surface area contributed by atoms with E-state index in [0.717, 1.165) is 47.8 Å². The van der Waals surface area contributed by atoms with E-state index in [-0.39, 0.29) is 17.8 Å². The standard InChI is InChI=1S/C26H32N2O3/c1-4-6-7-8-20(5-2)25(29)27-23-14-13-21-15-16-28(24(21)17-23)18-19-9-11-22(12-10-19)26(30)31-3/h9-17,20H,4-8,18H2,1-3H3,(H,27,29). The maximum absolute atomic E-state index is 12.7. The SMILES string of the molecule is CCCCCC(CC)C(=O)Nc1ccc2ccn(Cc3ccc(C(=O)OC)cc3)c2c1. The summed E-state index contributed by atoms with van der Waals surface area (Å²) < 4.78 is 6.91. The molecule has 1 unspecified atom stereocenters. The molecule has 0 spiro atoms. The normalized spacial score (nSPS) is 12.0. The number of rotatable bonds is 10. The molecule has 0 radical (unpaired) electrons. The lowest BCUT2D eigenvalue weighted by molar-refractivity contribution is -0.120. The van der Waals surface area contributed by atoms with E-state index in [0.29, 0.717) is 12.1 Å². The highest BCUT2D eigenvalue weighted by atomic mass is 16.5. The van der Waals surface area contributed by atoms with Gasteiger partial charge in [0.15, 0.2) is 0 Å². The molecular weight excluding hydrogens is 388 g/mol. The van der Waals surface area contributed by atoms with Crippen molar-refractivity contribution in [3.05, 3.63) is 65.9 Å². The van der Waals surface area contributed by atoms with Gasteiger partial charge >= 0.3 is 5.97 Å². The number of benzene rings is 2. The van der Waals surface area contributed by atoms with Gasteiger partial charge in [-0.05, 0) is 54.1 Å². The Morgan fingerprint density at radius 3 is 2.48 bits per heavy atom. The van der Waals surface area contributed by atoms with Crippen LogP contribution in [0.1, 0.15) is 61.9 Å². The molecule has 1 atom stereocenters. The summed E-state index contributed by atoms with van der Waals surface area (Å²) in [4.78, 5) is 24.4. The van der Waals surface area contributed by atoms with E-state index in [2.05, 4.69) is 29.8 Å². The van der Waals surface area contributed by atoms with E-state index in [1.165, 1.54) is 13.5 Å². The van der Waals surface area contributed by atoms with Gasteiger partial charge < -0.3 is 14.6 Å². The number of nitrogens with zero attached hydrogens (tertiary/aromatic N) is 1. The molecule has 164 valence electrons. The number of hydrogen-bond donors (Lipinski definition) is 1. The van der Waals surface area contributed by atoms with Gasteiger partial charge in [-0.15, -0.1) is 0 Å². The minimum atomic E-state index is -0.335. The quantitative estimate of drug-likeness (QED) is 0.322. The third-order valence-corrected chi connectivity index (χ3v) is 5.79. The van der Waals surface area contributed by atoms with Crippen molar-refractivity contribution in [3.8, 4) is 0 Å². The first-order valence-electron chi connectivity index (χ1n) is 11.1. The second-order valence-electron chi connectivity index (χ2n) is 8.00. The van der Waals surface area contributed by atoms with Crippen molar-refractivity contribution in [2.45, 2.75) is 52.5 Å². The second kappa shape index (κ2) is 10.8. The molecule has 1 N–H and O–H groups in total. The summed E-state index contributed by atoms with van der Waals surface area (Å²) >= 11 is 0. The summed E-state index contributed by atoms with van der Waals surface area (Å²) in [6, 6.07) is 15.5. The second-order valence-corrected chi connectivity index (χ2v) is 8.00. The van der Waals surface area contributed by atoms with Gasteiger partial charge in [0.1, 0.15) is 0 Å². The van der Waals surface area contributed by atoms with Crippen LogP contribution in [0.5, 0.6) is 0 Å². The number of carbonyl (C=O) groups is 2. The first-order valence-corrected chi connectivity index (χ1v) is 11.1. The first-order chi connectivity index (χ1) is 15.0. The largest absolute Gasteiger partial charge is 0.465 e. The van der Waals surface area contributed by atoms with Crippen LogP contribution in [-0.2, 0) is 16.1 Å². The summed E-state index contributed by atoms with van der Waals surface area (Å²) in [6.45, 7) is 4.94. The molecule has 0 aliphatic carbocycles. The fraction of sp³-hybridized carbons (Fsp3) is 0.385. The van der Waals surface area contributed by atoms with Crippen molar-refractivity contribution in [2.75, 3.05) is 12.4 Å². The lowest BCUT2D eigenvalue weighted by atomic mass is 9.97. The highest BCUT2D eigenvalue weighted by molar-refractivity contribution is 5.95. The number of nitrogens with one attached hydrogen (secondary N) is 1. The van der Waals surface area contributed by atoms with Crippen molar-refractivity contribution in [1.29, 1.82) is 0 Å². The highest BCUT2D eigenvalue weighted by Crippen LogP contribution is 2.23. The molecule has 0 aliphatic rings. The zero-order valence-corrected chi connectivity index (χ0v) is 18.7. The third kappa shape index (κ3) is 5.75. The molecular formula is C26H32N2O3. The zero-order chi connectivity index (χ0) is 22.2. The van der Waals surface area contributed by atoms with Crippen LogP contribution in [-0.4, -0.2) is 23.6 Å². The van der Waals surface area contributed by atoms with Crippen molar-refractivity contribution in [1.82, 2.24) is 4.57 Å². The molecule has 3 aromatic rings. The smallest absolute Gasteiger partial charge is 0.337 e. The number of ether oxygens (including phenoxy) is 1. The van der Waals surface area contributed by atoms with Crippen LogP contribution in [0.3, 0.4) is 0 Å². The Bertz CT molecular complexity index is 1020. The van der Waals surface area contributed by atoms with Gasteiger partial charge in [-0.3, -0.25) is 4.79 Å². The maximum atomic E-state index is 12.7. The van der Waals surface area contributed by atoms with Gasteiger partial charge in [-0.25, -0.2) is 4.79 Å². The molecule has 1 amide bonds. The van der Waals surface area contributed by atoms with Crippen LogP contribution >= 0.6 is 0 Å². The molecule has 0 saturated carbocycles. The number of fused-ring (bicyclic) bond motifs is 1. The average Bonchev–Trinajstić information content (AvgIpc) is 3.18. The Morgan fingerprint density at radius 1 is 1.03 bits per heavy atom. The van der Waals surface area contributed by atoms with Gasteiger partial charge in [0.05, 0.1) is 18.2 Å². The predicted molar refractivity (Wildman–Crippen MR) is 125 cm³/mol. The monoisotopic (exact) mass is 420 g/mol. The summed E-state index contributed by atoms with van der Waals surface area (Å²) in [5.74, 6) is -0.171. The average molecular weight is 421 g/mol. The lowest BCUT2D eigenvalue weighted by Crippen LogP contribution is -2.22. The Morgan fingerprint density at radius 2 is 1.81 bits per heavy atom. The molecule has 2 aromatic carbocycles. The molecule has 1 aromatic heterocycles. The van der Waals surface area contributed by atoms with Crippen molar-refractivity contribution in [2.24, 2.45) is 5.92 Å². The molecule has 3 rings (SSSR count). The Labute approximate surface area is 184 Å². The highest BCUT2D eigenvalue weighted by Gasteiger charge is 2.16. The number of anilines is 1. The molecule has 0 saturated heterocycles. The van der Waals surface area contributed by atoms with Gasteiger partial charge in [0.2, 0.25) is 5.91 Å². The Hall–Kier alpha value is -3.08. The maximum Gasteiger partial charge on any atom is 0.337 e. The number of aromatic nitrogens is 1. The fourth-order valence-corrected chi connectivity index (χ4v) is 3.87. The van der Waals surface area contributed by atoms with Crippen LogP contribution < -0.4 is 5.32 Å². The van der Waals surface area contributed by atoms with Crippen LogP contribution in [0.2, 0.25) is 0 Å². The van der Waals surface area contributed by atoms with E-state index in [1.54, 1.807) is 12.1 Å². The van der Waals surface area contributed by atoms with Gasteiger partial charge in [-0.2, -0.15) is 0 Å². The molecule has 0 aliphatic heterocycles. The summed E-state index contributed by atoms with van der Waals surface area (Å²) in [7, 11) is 1.38. The van der Waals surface area contributed by atoms with E-state index in [4.69, 9.17) is 4.74 Å². The topological polar surface area (TPSA) is 60.3 Å². The molecule has 31 heavy (non-hydrogen) atoms. The number of unbranched alkanes of at least 4 members (excludes halogenated alkanes) is 2.